The number of nitrogens with zero attached hydrogens (tertiary/aromatic N) is 1. The molecule has 0 radical (unpaired) electrons. The second kappa shape index (κ2) is 4.82. The number of rotatable bonds is 3. The van der Waals surface area contributed by atoms with Gasteiger partial charge in [0.2, 0.25) is 0 Å². The standard InChI is InChI=1S/C15H17NOS/c1-11(17)14-6-4-8-16(14)10-13-9-12-5-2-3-7-15(12)18-13/h2-8,11,13,17H,9-10H2,1H3. The highest BCUT2D eigenvalue weighted by Gasteiger charge is 2.22. The van der Waals surface area contributed by atoms with Gasteiger partial charge in [-0.2, -0.15) is 0 Å². The highest BCUT2D eigenvalue weighted by atomic mass is 32.2. The van der Waals surface area contributed by atoms with E-state index in [0.717, 1.165) is 18.7 Å². The number of aromatic nitrogens is 1. The van der Waals surface area contributed by atoms with Crippen molar-refractivity contribution in [3.63, 3.8) is 0 Å². The van der Waals surface area contributed by atoms with E-state index in [2.05, 4.69) is 35.0 Å². The summed E-state index contributed by atoms with van der Waals surface area (Å²) in [5, 5.41) is 10.3. The van der Waals surface area contributed by atoms with Gasteiger partial charge in [-0.1, -0.05) is 18.2 Å². The minimum atomic E-state index is -0.395. The van der Waals surface area contributed by atoms with Crippen molar-refractivity contribution in [2.24, 2.45) is 0 Å². The average molecular weight is 259 g/mol. The van der Waals surface area contributed by atoms with Gasteiger partial charge in [0.25, 0.3) is 0 Å². The van der Waals surface area contributed by atoms with Gasteiger partial charge in [0.15, 0.2) is 0 Å². The van der Waals surface area contributed by atoms with Crippen molar-refractivity contribution >= 4 is 11.8 Å². The molecule has 2 atom stereocenters. The Morgan fingerprint density at radius 3 is 2.94 bits per heavy atom. The van der Waals surface area contributed by atoms with Gasteiger partial charge in [0, 0.05) is 28.6 Å². The van der Waals surface area contributed by atoms with Crippen LogP contribution in [0, 0.1) is 0 Å². The van der Waals surface area contributed by atoms with Crippen LogP contribution in [0.15, 0.2) is 47.5 Å². The van der Waals surface area contributed by atoms with Crippen LogP contribution >= 0.6 is 11.8 Å². The first-order chi connectivity index (χ1) is 8.74. The molecule has 18 heavy (non-hydrogen) atoms. The maximum absolute atomic E-state index is 9.71. The zero-order chi connectivity index (χ0) is 12.5. The van der Waals surface area contributed by atoms with E-state index in [9.17, 15) is 5.11 Å². The van der Waals surface area contributed by atoms with Crippen LogP contribution in [0.2, 0.25) is 0 Å². The van der Waals surface area contributed by atoms with Crippen LogP contribution in [0.3, 0.4) is 0 Å². The van der Waals surface area contributed by atoms with Crippen LogP contribution in [0.1, 0.15) is 24.3 Å². The second-order valence-corrected chi connectivity index (χ2v) is 6.16. The maximum atomic E-state index is 9.71. The largest absolute Gasteiger partial charge is 0.387 e. The van der Waals surface area contributed by atoms with Crippen LogP contribution < -0.4 is 0 Å². The third-order valence-corrected chi connectivity index (χ3v) is 4.71. The molecule has 1 aliphatic heterocycles. The van der Waals surface area contributed by atoms with Crippen molar-refractivity contribution in [3.8, 4) is 0 Å². The molecule has 2 aromatic rings. The first-order valence-corrected chi connectivity index (χ1v) is 7.19. The molecule has 1 aliphatic rings. The Labute approximate surface area is 112 Å². The lowest BCUT2D eigenvalue weighted by atomic mass is 10.1. The molecule has 1 aromatic heterocycles. The van der Waals surface area contributed by atoms with Gasteiger partial charge < -0.3 is 9.67 Å². The lowest BCUT2D eigenvalue weighted by molar-refractivity contribution is 0.189. The fraction of sp³-hybridized carbons (Fsp3) is 0.333. The summed E-state index contributed by atoms with van der Waals surface area (Å²) in [6.45, 7) is 2.79. The van der Waals surface area contributed by atoms with Crippen LogP contribution in [-0.2, 0) is 13.0 Å². The number of hydrogen-bond acceptors (Lipinski definition) is 2. The van der Waals surface area contributed by atoms with Crippen molar-refractivity contribution in [2.75, 3.05) is 0 Å². The van der Waals surface area contributed by atoms with Gasteiger partial charge in [-0.05, 0) is 37.1 Å². The number of fused-ring (bicyclic) bond motifs is 1. The smallest absolute Gasteiger partial charge is 0.0911 e. The topological polar surface area (TPSA) is 25.2 Å². The Balaban J connectivity index is 1.74. The molecular weight excluding hydrogens is 242 g/mol. The number of aliphatic hydroxyl groups is 1. The molecule has 94 valence electrons. The molecule has 0 aliphatic carbocycles. The zero-order valence-electron chi connectivity index (χ0n) is 10.4. The quantitative estimate of drug-likeness (QED) is 0.915. The second-order valence-electron chi connectivity index (χ2n) is 4.81. The molecule has 0 amide bonds. The summed E-state index contributed by atoms with van der Waals surface area (Å²) in [5.74, 6) is 0. The normalized spacial score (nSPS) is 19.8. The third kappa shape index (κ3) is 2.20. The van der Waals surface area contributed by atoms with Crippen molar-refractivity contribution in [1.82, 2.24) is 4.57 Å². The minimum Gasteiger partial charge on any atom is -0.387 e. The molecule has 0 bridgehead atoms. The zero-order valence-corrected chi connectivity index (χ0v) is 11.2. The van der Waals surface area contributed by atoms with E-state index in [1.807, 2.05) is 30.8 Å². The molecule has 0 fully saturated rings. The lowest BCUT2D eigenvalue weighted by Gasteiger charge is -2.15. The summed E-state index contributed by atoms with van der Waals surface area (Å²) in [7, 11) is 0. The summed E-state index contributed by atoms with van der Waals surface area (Å²) in [6.07, 6.45) is 2.79. The van der Waals surface area contributed by atoms with E-state index >= 15 is 0 Å². The highest BCUT2D eigenvalue weighted by Crippen LogP contribution is 2.37. The monoisotopic (exact) mass is 259 g/mol. The van der Waals surface area contributed by atoms with Gasteiger partial charge in [0.1, 0.15) is 0 Å². The molecule has 1 aromatic carbocycles. The van der Waals surface area contributed by atoms with Crippen molar-refractivity contribution < 1.29 is 5.11 Å². The van der Waals surface area contributed by atoms with E-state index in [0.29, 0.717) is 5.25 Å². The Bertz CT molecular complexity index is 522. The van der Waals surface area contributed by atoms with Gasteiger partial charge in [-0.3, -0.25) is 0 Å². The van der Waals surface area contributed by atoms with Gasteiger partial charge >= 0.3 is 0 Å². The molecule has 2 heterocycles. The van der Waals surface area contributed by atoms with E-state index in [-0.39, 0.29) is 0 Å². The molecule has 0 spiro atoms. The lowest BCUT2D eigenvalue weighted by Crippen LogP contribution is -2.14. The summed E-state index contributed by atoms with van der Waals surface area (Å²) < 4.78 is 2.17. The number of aliphatic hydroxyl groups excluding tert-OH is 1. The molecule has 0 saturated carbocycles. The third-order valence-electron chi connectivity index (χ3n) is 3.41. The molecule has 2 nitrogen and oxygen atoms in total. The minimum absolute atomic E-state index is 0.395. The predicted octanol–water partition coefficient (Wildman–Crippen LogP) is 3.26. The number of hydrogen-bond donors (Lipinski definition) is 1. The van der Waals surface area contributed by atoms with Gasteiger partial charge in [-0.15, -0.1) is 11.8 Å². The SMILES string of the molecule is CC(O)c1cccn1CC1Cc2ccccc2S1. The summed E-state index contributed by atoms with van der Waals surface area (Å²) in [5.41, 5.74) is 2.46. The van der Waals surface area contributed by atoms with E-state index in [4.69, 9.17) is 0 Å². The van der Waals surface area contributed by atoms with Crippen molar-refractivity contribution in [1.29, 1.82) is 0 Å². The highest BCUT2D eigenvalue weighted by molar-refractivity contribution is 8.00. The van der Waals surface area contributed by atoms with Crippen LogP contribution in [0.5, 0.6) is 0 Å². The van der Waals surface area contributed by atoms with Crippen LogP contribution in [0.25, 0.3) is 0 Å². The number of benzene rings is 1. The Kier molecular flexibility index (Phi) is 3.18. The fourth-order valence-electron chi connectivity index (χ4n) is 2.55. The molecule has 1 N–H and O–H groups in total. The van der Waals surface area contributed by atoms with Crippen molar-refractivity contribution in [2.45, 2.75) is 36.1 Å². The summed E-state index contributed by atoms with van der Waals surface area (Å²) in [6, 6.07) is 12.6. The molecule has 3 heteroatoms. The Hall–Kier alpha value is -1.19. The Morgan fingerprint density at radius 1 is 1.33 bits per heavy atom. The Morgan fingerprint density at radius 2 is 2.17 bits per heavy atom. The molecular formula is C15H17NOS. The first kappa shape index (κ1) is 11.9. The predicted molar refractivity (Wildman–Crippen MR) is 74.9 cm³/mol. The average Bonchev–Trinajstić information content (AvgIpc) is 2.94. The van der Waals surface area contributed by atoms with Crippen molar-refractivity contribution in [3.05, 3.63) is 53.9 Å². The van der Waals surface area contributed by atoms with E-state index in [1.54, 1.807) is 0 Å². The van der Waals surface area contributed by atoms with Gasteiger partial charge in [0.05, 0.1) is 6.10 Å². The molecule has 0 saturated heterocycles. The maximum Gasteiger partial charge on any atom is 0.0911 e. The van der Waals surface area contributed by atoms with E-state index in [1.165, 1.54) is 10.5 Å². The summed E-state index contributed by atoms with van der Waals surface area (Å²) in [4.78, 5) is 1.41. The van der Waals surface area contributed by atoms with E-state index < -0.39 is 6.10 Å². The first-order valence-electron chi connectivity index (χ1n) is 6.31. The number of thioether (sulfide) groups is 1. The summed E-state index contributed by atoms with van der Waals surface area (Å²) >= 11 is 1.95. The fourth-order valence-corrected chi connectivity index (χ4v) is 3.87. The van der Waals surface area contributed by atoms with Gasteiger partial charge in [-0.25, -0.2) is 0 Å². The molecule has 3 rings (SSSR count). The van der Waals surface area contributed by atoms with Crippen LogP contribution in [0.4, 0.5) is 0 Å². The van der Waals surface area contributed by atoms with Crippen LogP contribution in [-0.4, -0.2) is 14.9 Å². The molecule has 2 unspecified atom stereocenters.